The van der Waals surface area contributed by atoms with Crippen molar-refractivity contribution in [3.63, 3.8) is 0 Å². The molecular weight excluding hydrogens is 300 g/mol. The second-order valence-electron chi connectivity index (χ2n) is 5.73. The van der Waals surface area contributed by atoms with E-state index in [1.54, 1.807) is 0 Å². The average molecular weight is 325 g/mol. The van der Waals surface area contributed by atoms with Crippen LogP contribution in [-0.4, -0.2) is 24.5 Å². The molecule has 3 unspecified atom stereocenters. The molecular formula is C16H25BrN2. The summed E-state index contributed by atoms with van der Waals surface area (Å²) in [4.78, 5) is 2.63. The van der Waals surface area contributed by atoms with Crippen molar-refractivity contribution in [3.05, 3.63) is 34.3 Å². The zero-order chi connectivity index (χ0) is 13.8. The van der Waals surface area contributed by atoms with Gasteiger partial charge in [-0.25, -0.2) is 0 Å². The fraction of sp³-hybridized carbons (Fsp3) is 0.625. The van der Waals surface area contributed by atoms with E-state index >= 15 is 0 Å². The smallest absolute Gasteiger partial charge is 0.0345 e. The first kappa shape index (κ1) is 15.0. The number of piperidine rings is 1. The van der Waals surface area contributed by atoms with E-state index in [-0.39, 0.29) is 0 Å². The summed E-state index contributed by atoms with van der Waals surface area (Å²) in [6, 6.07) is 9.31. The lowest BCUT2D eigenvalue weighted by Gasteiger charge is -2.41. The number of halogens is 1. The van der Waals surface area contributed by atoms with Gasteiger partial charge in [0.1, 0.15) is 0 Å². The van der Waals surface area contributed by atoms with Crippen LogP contribution in [0, 0.1) is 11.8 Å². The van der Waals surface area contributed by atoms with Gasteiger partial charge in [-0.3, -0.25) is 4.90 Å². The third kappa shape index (κ3) is 3.59. The first-order valence-electron chi connectivity index (χ1n) is 7.35. The highest BCUT2D eigenvalue weighted by Gasteiger charge is 2.29. The summed E-state index contributed by atoms with van der Waals surface area (Å²) in [7, 11) is 0. The highest BCUT2D eigenvalue weighted by atomic mass is 79.9. The molecule has 0 aromatic heterocycles. The third-order valence-electron chi connectivity index (χ3n) is 4.53. The van der Waals surface area contributed by atoms with Crippen molar-refractivity contribution in [2.75, 3.05) is 19.6 Å². The Morgan fingerprint density at radius 1 is 1.37 bits per heavy atom. The predicted octanol–water partition coefficient (Wildman–Crippen LogP) is 3.82. The maximum atomic E-state index is 5.92. The van der Waals surface area contributed by atoms with Gasteiger partial charge in [0.15, 0.2) is 0 Å². The van der Waals surface area contributed by atoms with Crippen LogP contribution in [0.1, 0.15) is 38.3 Å². The standard InChI is InChI=1S/C16H25BrN2/c1-3-16(13-4-6-15(17)7-5-13)19-9-8-12(2)14(10-18)11-19/h4-7,12,14,16H,3,8-11,18H2,1-2H3. The molecule has 0 amide bonds. The Morgan fingerprint density at radius 3 is 2.63 bits per heavy atom. The van der Waals surface area contributed by atoms with Crippen molar-refractivity contribution in [3.8, 4) is 0 Å². The zero-order valence-corrected chi connectivity index (χ0v) is 13.6. The highest BCUT2D eigenvalue weighted by Crippen LogP contribution is 2.31. The second-order valence-corrected chi connectivity index (χ2v) is 6.65. The Bertz CT molecular complexity index is 390. The lowest BCUT2D eigenvalue weighted by atomic mass is 9.85. The summed E-state index contributed by atoms with van der Waals surface area (Å²) in [6.45, 7) is 7.78. The van der Waals surface area contributed by atoms with Crippen molar-refractivity contribution in [1.82, 2.24) is 4.90 Å². The molecule has 1 heterocycles. The van der Waals surface area contributed by atoms with Gasteiger partial charge in [0, 0.05) is 17.1 Å². The maximum Gasteiger partial charge on any atom is 0.0345 e. The monoisotopic (exact) mass is 324 g/mol. The number of nitrogens with two attached hydrogens (primary N) is 1. The average Bonchev–Trinajstić information content (AvgIpc) is 2.43. The van der Waals surface area contributed by atoms with Crippen LogP contribution in [0.4, 0.5) is 0 Å². The van der Waals surface area contributed by atoms with Crippen molar-refractivity contribution in [2.45, 2.75) is 32.7 Å². The van der Waals surface area contributed by atoms with Gasteiger partial charge < -0.3 is 5.73 Å². The summed E-state index contributed by atoms with van der Waals surface area (Å²) in [5.41, 5.74) is 7.35. The topological polar surface area (TPSA) is 29.3 Å². The lowest BCUT2D eigenvalue weighted by molar-refractivity contribution is 0.0885. The Balaban J connectivity index is 2.11. The van der Waals surface area contributed by atoms with E-state index in [0.29, 0.717) is 12.0 Å². The quantitative estimate of drug-likeness (QED) is 0.912. The minimum absolute atomic E-state index is 0.537. The first-order chi connectivity index (χ1) is 9.15. The van der Waals surface area contributed by atoms with Gasteiger partial charge in [-0.2, -0.15) is 0 Å². The minimum Gasteiger partial charge on any atom is -0.330 e. The third-order valence-corrected chi connectivity index (χ3v) is 5.06. The molecule has 2 rings (SSSR count). The van der Waals surface area contributed by atoms with Crippen molar-refractivity contribution in [1.29, 1.82) is 0 Å². The number of rotatable bonds is 4. The van der Waals surface area contributed by atoms with Crippen molar-refractivity contribution < 1.29 is 0 Å². The SMILES string of the molecule is CCC(c1ccc(Br)cc1)N1CCC(C)C(CN)C1. The minimum atomic E-state index is 0.537. The van der Waals surface area contributed by atoms with Crippen LogP contribution in [0.25, 0.3) is 0 Å². The van der Waals surface area contributed by atoms with E-state index in [9.17, 15) is 0 Å². The number of benzene rings is 1. The van der Waals surface area contributed by atoms with Crippen molar-refractivity contribution in [2.24, 2.45) is 17.6 Å². The second kappa shape index (κ2) is 6.87. The van der Waals surface area contributed by atoms with E-state index in [2.05, 4.69) is 58.9 Å². The molecule has 106 valence electrons. The normalized spacial score (nSPS) is 26.3. The molecule has 0 bridgehead atoms. The molecule has 1 aliphatic rings. The van der Waals surface area contributed by atoms with E-state index in [0.717, 1.165) is 29.9 Å². The zero-order valence-electron chi connectivity index (χ0n) is 12.0. The predicted molar refractivity (Wildman–Crippen MR) is 85.1 cm³/mol. The Hall–Kier alpha value is -0.380. The van der Waals surface area contributed by atoms with Gasteiger partial charge >= 0.3 is 0 Å². The summed E-state index contributed by atoms with van der Waals surface area (Å²) in [5, 5.41) is 0. The van der Waals surface area contributed by atoms with E-state index < -0.39 is 0 Å². The fourth-order valence-electron chi connectivity index (χ4n) is 3.16. The van der Waals surface area contributed by atoms with Gasteiger partial charge in [-0.15, -0.1) is 0 Å². The van der Waals surface area contributed by atoms with Crippen LogP contribution in [0.5, 0.6) is 0 Å². The Kier molecular flexibility index (Phi) is 5.43. The van der Waals surface area contributed by atoms with Crippen LogP contribution >= 0.6 is 15.9 Å². The van der Waals surface area contributed by atoms with Crippen LogP contribution in [0.2, 0.25) is 0 Å². The summed E-state index contributed by atoms with van der Waals surface area (Å²) in [5.74, 6) is 1.42. The van der Waals surface area contributed by atoms with Crippen LogP contribution in [-0.2, 0) is 0 Å². The van der Waals surface area contributed by atoms with Crippen molar-refractivity contribution >= 4 is 15.9 Å². The van der Waals surface area contributed by atoms with Gasteiger partial charge in [-0.05, 0) is 55.5 Å². The molecule has 2 N–H and O–H groups in total. The summed E-state index contributed by atoms with van der Waals surface area (Å²) in [6.07, 6.45) is 2.43. The van der Waals surface area contributed by atoms with E-state index in [1.165, 1.54) is 18.5 Å². The molecule has 0 saturated carbocycles. The molecule has 2 nitrogen and oxygen atoms in total. The summed E-state index contributed by atoms with van der Waals surface area (Å²) >= 11 is 3.51. The molecule has 1 fully saturated rings. The number of hydrogen-bond donors (Lipinski definition) is 1. The molecule has 1 aliphatic heterocycles. The molecule has 0 spiro atoms. The molecule has 0 aliphatic carbocycles. The molecule has 1 saturated heterocycles. The Morgan fingerprint density at radius 2 is 2.05 bits per heavy atom. The first-order valence-corrected chi connectivity index (χ1v) is 8.14. The number of nitrogens with zero attached hydrogens (tertiary/aromatic N) is 1. The fourth-order valence-corrected chi connectivity index (χ4v) is 3.42. The molecule has 19 heavy (non-hydrogen) atoms. The van der Waals surface area contributed by atoms with Crippen LogP contribution < -0.4 is 5.73 Å². The van der Waals surface area contributed by atoms with E-state index in [4.69, 9.17) is 5.73 Å². The van der Waals surface area contributed by atoms with Gasteiger partial charge in [0.2, 0.25) is 0 Å². The molecule has 3 atom stereocenters. The Labute approximate surface area is 125 Å². The molecule has 3 heteroatoms. The van der Waals surface area contributed by atoms with Gasteiger partial charge in [0.05, 0.1) is 0 Å². The lowest BCUT2D eigenvalue weighted by Crippen LogP contribution is -2.44. The number of likely N-dealkylation sites (tertiary alicyclic amines) is 1. The van der Waals surface area contributed by atoms with Gasteiger partial charge in [-0.1, -0.05) is 41.9 Å². The van der Waals surface area contributed by atoms with Crippen LogP contribution in [0.15, 0.2) is 28.7 Å². The van der Waals surface area contributed by atoms with Gasteiger partial charge in [0.25, 0.3) is 0 Å². The molecule has 1 aromatic rings. The number of hydrogen-bond acceptors (Lipinski definition) is 2. The van der Waals surface area contributed by atoms with E-state index in [1.807, 2.05) is 0 Å². The maximum absolute atomic E-state index is 5.92. The van der Waals surface area contributed by atoms with Crippen LogP contribution in [0.3, 0.4) is 0 Å². The molecule has 1 aromatic carbocycles. The molecule has 0 radical (unpaired) electrons. The highest BCUT2D eigenvalue weighted by molar-refractivity contribution is 9.10. The summed E-state index contributed by atoms with van der Waals surface area (Å²) < 4.78 is 1.15. The largest absolute Gasteiger partial charge is 0.330 e.